The molecule has 0 aliphatic carbocycles. The van der Waals surface area contributed by atoms with E-state index in [-0.39, 0.29) is 35.4 Å². The predicted octanol–water partition coefficient (Wildman–Crippen LogP) is 5.61. The molecule has 0 fully saturated rings. The van der Waals surface area contributed by atoms with Crippen molar-refractivity contribution >= 4 is 27.5 Å². The Bertz CT molecular complexity index is 1660. The predicted molar refractivity (Wildman–Crippen MR) is 177 cm³/mol. The first-order valence-electron chi connectivity index (χ1n) is 15.0. The number of carbonyl (C=O) groups is 2. The Hall–Kier alpha value is -4.63. The number of hydrogen-bond acceptors (Lipinski definition) is 5. The Labute approximate surface area is 266 Å². The molecule has 8 nitrogen and oxygen atoms in total. The Morgan fingerprint density at radius 2 is 1.44 bits per heavy atom. The number of ether oxygens (including phenoxy) is 1. The first-order valence-corrected chi connectivity index (χ1v) is 16.4. The molecule has 9 heteroatoms. The largest absolute Gasteiger partial charge is 0.497 e. The monoisotopic (exact) mass is 627 g/mol. The maximum Gasteiger partial charge on any atom is 0.264 e. The highest BCUT2D eigenvalue weighted by atomic mass is 32.2. The van der Waals surface area contributed by atoms with Crippen LogP contribution in [0.4, 0.5) is 5.69 Å². The molecular formula is C36H41N3O5S. The van der Waals surface area contributed by atoms with Crippen LogP contribution in [0.5, 0.6) is 5.75 Å². The van der Waals surface area contributed by atoms with Crippen LogP contribution in [0.2, 0.25) is 0 Å². The number of benzene rings is 4. The second-order valence-corrected chi connectivity index (χ2v) is 13.2. The summed E-state index contributed by atoms with van der Waals surface area (Å²) in [5, 5.41) is 3.00. The molecule has 45 heavy (non-hydrogen) atoms. The van der Waals surface area contributed by atoms with Gasteiger partial charge in [-0.2, -0.15) is 0 Å². The molecule has 4 aromatic carbocycles. The Morgan fingerprint density at radius 1 is 0.822 bits per heavy atom. The zero-order chi connectivity index (χ0) is 32.4. The maximum atomic E-state index is 14.5. The SMILES string of the molecule is COc1cccc(N(CC(=O)N(Cc2ccccc2)[C@@H](Cc2ccccc2)C(=O)NCC(C)C)S(=O)(=O)c2ccc(C)cc2)c1. The van der Waals surface area contributed by atoms with E-state index in [0.717, 1.165) is 21.0 Å². The minimum atomic E-state index is -4.19. The molecule has 0 unspecified atom stereocenters. The third-order valence-corrected chi connectivity index (χ3v) is 9.17. The van der Waals surface area contributed by atoms with E-state index in [0.29, 0.717) is 12.3 Å². The zero-order valence-electron chi connectivity index (χ0n) is 26.2. The molecule has 0 spiro atoms. The van der Waals surface area contributed by atoms with Gasteiger partial charge in [0.05, 0.1) is 17.7 Å². The molecule has 0 heterocycles. The molecule has 1 atom stereocenters. The van der Waals surface area contributed by atoms with Crippen LogP contribution in [0.3, 0.4) is 0 Å². The minimum Gasteiger partial charge on any atom is -0.497 e. The van der Waals surface area contributed by atoms with Gasteiger partial charge < -0.3 is 15.0 Å². The van der Waals surface area contributed by atoms with Crippen LogP contribution in [0.25, 0.3) is 0 Å². The molecule has 4 aromatic rings. The number of methoxy groups -OCH3 is 1. The van der Waals surface area contributed by atoms with Gasteiger partial charge in [-0.05, 0) is 48.2 Å². The van der Waals surface area contributed by atoms with Crippen molar-refractivity contribution in [3.8, 4) is 5.75 Å². The van der Waals surface area contributed by atoms with E-state index in [4.69, 9.17) is 4.74 Å². The number of anilines is 1. The summed E-state index contributed by atoms with van der Waals surface area (Å²) in [4.78, 5) is 29.9. The van der Waals surface area contributed by atoms with Gasteiger partial charge in [0.1, 0.15) is 18.3 Å². The summed E-state index contributed by atoms with van der Waals surface area (Å²) in [5.74, 6) is -0.169. The quantitative estimate of drug-likeness (QED) is 0.196. The van der Waals surface area contributed by atoms with Crippen molar-refractivity contribution in [1.82, 2.24) is 10.2 Å². The second kappa shape index (κ2) is 15.4. The molecule has 4 rings (SSSR count). The summed E-state index contributed by atoms with van der Waals surface area (Å²) in [6.07, 6.45) is 0.257. The highest BCUT2D eigenvalue weighted by Crippen LogP contribution is 2.28. The normalized spacial score (nSPS) is 11.9. The van der Waals surface area contributed by atoms with Gasteiger partial charge in [-0.3, -0.25) is 13.9 Å². The van der Waals surface area contributed by atoms with Crippen molar-refractivity contribution in [1.29, 1.82) is 0 Å². The van der Waals surface area contributed by atoms with Crippen molar-refractivity contribution in [2.45, 2.75) is 44.7 Å². The summed E-state index contributed by atoms with van der Waals surface area (Å²) in [7, 11) is -2.70. The van der Waals surface area contributed by atoms with Gasteiger partial charge in [0.2, 0.25) is 11.8 Å². The average Bonchev–Trinajstić information content (AvgIpc) is 3.05. The third-order valence-electron chi connectivity index (χ3n) is 7.38. The van der Waals surface area contributed by atoms with E-state index in [1.807, 2.05) is 81.4 Å². The second-order valence-electron chi connectivity index (χ2n) is 11.4. The zero-order valence-corrected chi connectivity index (χ0v) is 27.0. The standard InChI is InChI=1S/C36H41N3O5S/c1-27(2)24-37-36(41)34(22-29-12-7-5-8-13-29)38(25-30-14-9-6-10-15-30)35(40)26-39(31-16-11-17-32(23-31)44-4)45(42,43)33-20-18-28(3)19-21-33/h5-21,23,27,34H,22,24-26H2,1-4H3,(H,37,41)/t34-/m0/s1. The number of sulfonamides is 1. The van der Waals surface area contributed by atoms with E-state index >= 15 is 0 Å². The molecule has 0 aliphatic rings. The van der Waals surface area contributed by atoms with Gasteiger partial charge in [0.25, 0.3) is 10.0 Å². The van der Waals surface area contributed by atoms with E-state index in [1.165, 1.54) is 24.1 Å². The molecule has 0 aromatic heterocycles. The van der Waals surface area contributed by atoms with Gasteiger partial charge in [0.15, 0.2) is 0 Å². The summed E-state index contributed by atoms with van der Waals surface area (Å²) in [5.41, 5.74) is 2.87. The summed E-state index contributed by atoms with van der Waals surface area (Å²) in [6, 6.07) is 31.1. The minimum absolute atomic E-state index is 0.0499. The van der Waals surface area contributed by atoms with E-state index in [2.05, 4.69) is 5.32 Å². The van der Waals surface area contributed by atoms with Crippen LogP contribution in [0, 0.1) is 12.8 Å². The van der Waals surface area contributed by atoms with Gasteiger partial charge in [-0.15, -0.1) is 0 Å². The Morgan fingerprint density at radius 3 is 2.04 bits per heavy atom. The van der Waals surface area contributed by atoms with E-state index in [1.54, 1.807) is 36.4 Å². The number of rotatable bonds is 14. The lowest BCUT2D eigenvalue weighted by Crippen LogP contribution is -2.53. The summed E-state index contributed by atoms with van der Waals surface area (Å²) < 4.78 is 34.8. The van der Waals surface area contributed by atoms with Crippen molar-refractivity contribution < 1.29 is 22.7 Å². The Balaban J connectivity index is 1.79. The van der Waals surface area contributed by atoms with Crippen molar-refractivity contribution in [2.24, 2.45) is 5.92 Å². The molecule has 0 saturated carbocycles. The number of nitrogens with zero attached hydrogens (tertiary/aromatic N) is 2. The molecule has 0 saturated heterocycles. The number of hydrogen-bond donors (Lipinski definition) is 1. The fraction of sp³-hybridized carbons (Fsp3) is 0.278. The summed E-state index contributed by atoms with van der Waals surface area (Å²) in [6.45, 7) is 5.90. The highest BCUT2D eigenvalue weighted by molar-refractivity contribution is 7.92. The molecule has 2 amide bonds. The molecular weight excluding hydrogens is 586 g/mol. The first-order chi connectivity index (χ1) is 21.6. The van der Waals surface area contributed by atoms with Gasteiger partial charge in [-0.1, -0.05) is 98.3 Å². The van der Waals surface area contributed by atoms with Crippen LogP contribution in [0.1, 0.15) is 30.5 Å². The number of nitrogens with one attached hydrogen (secondary N) is 1. The molecule has 236 valence electrons. The number of aryl methyl sites for hydroxylation is 1. The lowest BCUT2D eigenvalue weighted by Gasteiger charge is -2.34. The lowest BCUT2D eigenvalue weighted by atomic mass is 10.0. The van der Waals surface area contributed by atoms with Gasteiger partial charge >= 0.3 is 0 Å². The van der Waals surface area contributed by atoms with Crippen LogP contribution in [-0.2, 0) is 32.6 Å². The Kier molecular flexibility index (Phi) is 11.4. The average molecular weight is 628 g/mol. The van der Waals surface area contributed by atoms with Crippen LogP contribution >= 0.6 is 0 Å². The maximum absolute atomic E-state index is 14.5. The van der Waals surface area contributed by atoms with Gasteiger partial charge in [0, 0.05) is 25.6 Å². The summed E-state index contributed by atoms with van der Waals surface area (Å²) >= 11 is 0. The smallest absolute Gasteiger partial charge is 0.264 e. The molecule has 0 bridgehead atoms. The van der Waals surface area contributed by atoms with Crippen molar-refractivity contribution in [3.63, 3.8) is 0 Å². The van der Waals surface area contributed by atoms with E-state index < -0.39 is 28.5 Å². The van der Waals surface area contributed by atoms with Crippen LogP contribution < -0.4 is 14.4 Å². The lowest BCUT2D eigenvalue weighted by molar-refractivity contribution is -0.140. The fourth-order valence-corrected chi connectivity index (χ4v) is 6.29. The molecule has 0 aliphatic heterocycles. The van der Waals surface area contributed by atoms with Crippen molar-refractivity contribution in [3.05, 3.63) is 126 Å². The highest BCUT2D eigenvalue weighted by Gasteiger charge is 2.34. The molecule has 0 radical (unpaired) electrons. The van der Waals surface area contributed by atoms with Gasteiger partial charge in [-0.25, -0.2) is 8.42 Å². The third kappa shape index (κ3) is 8.95. The topological polar surface area (TPSA) is 96.0 Å². The molecule has 1 N–H and O–H groups in total. The number of amides is 2. The fourth-order valence-electron chi connectivity index (χ4n) is 4.89. The van der Waals surface area contributed by atoms with Crippen LogP contribution in [0.15, 0.2) is 114 Å². The van der Waals surface area contributed by atoms with Crippen LogP contribution in [-0.4, -0.2) is 51.4 Å². The van der Waals surface area contributed by atoms with E-state index in [9.17, 15) is 18.0 Å². The van der Waals surface area contributed by atoms with Crippen molar-refractivity contribution in [2.75, 3.05) is 24.5 Å². The first kappa shape index (κ1) is 33.3. The number of carbonyl (C=O) groups excluding carboxylic acids is 2.